The molecule has 0 radical (unpaired) electrons. The number of rotatable bonds is 5. The van der Waals surface area contributed by atoms with Gasteiger partial charge in [0.1, 0.15) is 0 Å². The highest BCUT2D eigenvalue weighted by molar-refractivity contribution is 7.16. The van der Waals surface area contributed by atoms with Crippen LogP contribution >= 0.6 is 22.9 Å². The molecule has 2 aromatic carbocycles. The second kappa shape index (κ2) is 7.99. The van der Waals surface area contributed by atoms with Gasteiger partial charge in [-0.3, -0.25) is 14.9 Å². The van der Waals surface area contributed by atoms with E-state index in [1.807, 2.05) is 29.7 Å². The van der Waals surface area contributed by atoms with Gasteiger partial charge < -0.3 is 9.30 Å². The minimum absolute atomic E-state index is 0.00154. The number of nitrogens with zero attached hydrogens (tertiary/aromatic N) is 3. The summed E-state index contributed by atoms with van der Waals surface area (Å²) >= 11 is 7.43. The van der Waals surface area contributed by atoms with E-state index in [0.717, 1.165) is 21.8 Å². The van der Waals surface area contributed by atoms with Gasteiger partial charge in [0.05, 0.1) is 32.3 Å². The molecule has 0 atom stereocenters. The molecule has 9 heteroatoms. The van der Waals surface area contributed by atoms with Crippen molar-refractivity contribution in [1.29, 1.82) is 0 Å². The van der Waals surface area contributed by atoms with Crippen LogP contribution in [-0.2, 0) is 11.3 Å². The number of methoxy groups -OCH3 is 1. The van der Waals surface area contributed by atoms with Gasteiger partial charge >= 0.3 is 0 Å². The quantitative estimate of drug-likeness (QED) is 0.474. The number of halogens is 1. The molecule has 3 rings (SSSR count). The van der Waals surface area contributed by atoms with Crippen LogP contribution in [0.15, 0.2) is 41.4 Å². The Balaban J connectivity index is 2.15. The second-order valence-corrected chi connectivity index (χ2v) is 7.21. The fourth-order valence-corrected chi connectivity index (χ4v) is 4.05. The maximum absolute atomic E-state index is 12.7. The minimum Gasteiger partial charge on any atom is -0.383 e. The molecule has 0 aliphatic carbocycles. The van der Waals surface area contributed by atoms with E-state index < -0.39 is 10.8 Å². The second-order valence-electron chi connectivity index (χ2n) is 5.79. The van der Waals surface area contributed by atoms with E-state index in [0.29, 0.717) is 18.0 Å². The Morgan fingerprint density at radius 3 is 2.85 bits per heavy atom. The summed E-state index contributed by atoms with van der Waals surface area (Å²) < 4.78 is 8.08. The lowest BCUT2D eigenvalue weighted by molar-refractivity contribution is -0.384. The highest BCUT2D eigenvalue weighted by Crippen LogP contribution is 2.24. The first-order chi connectivity index (χ1) is 12.9. The van der Waals surface area contributed by atoms with Crippen LogP contribution in [0.25, 0.3) is 10.2 Å². The standard InChI is InChI=1S/C18H16ClN3O4S/c1-11-4-3-5-15-16(11)21(8-9-26-2)18(27-15)20-17(23)13-10-12(22(24)25)6-7-14(13)19/h3-7,10H,8-9H2,1-2H3. The van der Waals surface area contributed by atoms with Crippen molar-refractivity contribution in [2.45, 2.75) is 13.5 Å². The summed E-state index contributed by atoms with van der Waals surface area (Å²) in [7, 11) is 1.60. The third-order valence-electron chi connectivity index (χ3n) is 4.01. The van der Waals surface area contributed by atoms with Crippen LogP contribution in [0.5, 0.6) is 0 Å². The van der Waals surface area contributed by atoms with E-state index in [1.54, 1.807) is 7.11 Å². The molecule has 0 unspecified atom stereocenters. The number of aryl methyl sites for hydroxylation is 1. The van der Waals surface area contributed by atoms with Gasteiger partial charge in [-0.1, -0.05) is 35.1 Å². The number of ether oxygens (including phenoxy) is 1. The average Bonchev–Trinajstić information content (AvgIpc) is 2.98. The molecule has 0 spiro atoms. The van der Waals surface area contributed by atoms with Gasteiger partial charge in [-0.05, 0) is 24.6 Å². The first-order valence-corrected chi connectivity index (χ1v) is 9.22. The lowest BCUT2D eigenvalue weighted by Gasteiger charge is -2.06. The molecule has 3 aromatic rings. The van der Waals surface area contributed by atoms with Gasteiger partial charge in [-0.25, -0.2) is 0 Å². The smallest absolute Gasteiger partial charge is 0.281 e. The number of benzene rings is 2. The summed E-state index contributed by atoms with van der Waals surface area (Å²) in [5, 5.41) is 11.1. The van der Waals surface area contributed by atoms with Crippen LogP contribution < -0.4 is 4.80 Å². The zero-order valence-corrected chi connectivity index (χ0v) is 16.2. The summed E-state index contributed by atoms with van der Waals surface area (Å²) in [6.45, 7) is 2.97. The largest absolute Gasteiger partial charge is 0.383 e. The minimum atomic E-state index is -0.626. The predicted octanol–water partition coefficient (Wildman–Crippen LogP) is 3.96. The fourth-order valence-electron chi connectivity index (χ4n) is 2.72. The SMILES string of the molecule is COCCn1c(=NC(=O)c2cc([N+](=O)[O-])ccc2Cl)sc2cccc(C)c21. The zero-order chi connectivity index (χ0) is 19.6. The van der Waals surface area contributed by atoms with Crippen LogP contribution in [0.1, 0.15) is 15.9 Å². The van der Waals surface area contributed by atoms with Gasteiger partial charge in [-0.2, -0.15) is 4.99 Å². The molecule has 27 heavy (non-hydrogen) atoms. The lowest BCUT2D eigenvalue weighted by atomic mass is 10.2. The molecule has 1 heterocycles. The Labute approximate surface area is 163 Å². The van der Waals surface area contributed by atoms with Crippen LogP contribution in [-0.4, -0.2) is 29.1 Å². The lowest BCUT2D eigenvalue weighted by Crippen LogP contribution is -2.19. The van der Waals surface area contributed by atoms with E-state index in [1.165, 1.54) is 23.5 Å². The van der Waals surface area contributed by atoms with Crippen LogP contribution in [0.3, 0.4) is 0 Å². The van der Waals surface area contributed by atoms with Crippen molar-refractivity contribution in [2.24, 2.45) is 4.99 Å². The van der Waals surface area contributed by atoms with Crippen molar-refractivity contribution in [1.82, 2.24) is 4.57 Å². The Hall–Kier alpha value is -2.55. The van der Waals surface area contributed by atoms with E-state index in [4.69, 9.17) is 16.3 Å². The van der Waals surface area contributed by atoms with Gasteiger partial charge in [0.15, 0.2) is 4.80 Å². The molecule has 0 fully saturated rings. The van der Waals surface area contributed by atoms with Crippen molar-refractivity contribution in [3.8, 4) is 0 Å². The number of carbonyl (C=O) groups excluding carboxylic acids is 1. The maximum Gasteiger partial charge on any atom is 0.281 e. The average molecular weight is 406 g/mol. The molecule has 1 aromatic heterocycles. The molecule has 0 saturated carbocycles. The molecule has 140 valence electrons. The molecule has 0 aliphatic heterocycles. The molecule has 0 bridgehead atoms. The molecule has 0 N–H and O–H groups in total. The summed E-state index contributed by atoms with van der Waals surface area (Å²) in [6, 6.07) is 9.61. The summed E-state index contributed by atoms with van der Waals surface area (Å²) in [5.41, 5.74) is 1.83. The van der Waals surface area contributed by atoms with Crippen molar-refractivity contribution >= 4 is 44.7 Å². The monoisotopic (exact) mass is 405 g/mol. The Bertz CT molecular complexity index is 1100. The van der Waals surface area contributed by atoms with E-state index in [2.05, 4.69) is 4.99 Å². The Morgan fingerprint density at radius 2 is 2.15 bits per heavy atom. The van der Waals surface area contributed by atoms with Crippen molar-refractivity contribution in [3.05, 3.63) is 67.5 Å². The first-order valence-electron chi connectivity index (χ1n) is 8.03. The van der Waals surface area contributed by atoms with Gasteiger partial charge in [0.25, 0.3) is 11.6 Å². The third-order valence-corrected chi connectivity index (χ3v) is 5.38. The maximum atomic E-state index is 12.7. The van der Waals surface area contributed by atoms with Crippen LogP contribution in [0.2, 0.25) is 5.02 Å². The number of fused-ring (bicyclic) bond motifs is 1. The number of hydrogen-bond donors (Lipinski definition) is 0. The highest BCUT2D eigenvalue weighted by Gasteiger charge is 2.16. The number of hydrogen-bond acceptors (Lipinski definition) is 5. The number of amides is 1. The normalized spacial score (nSPS) is 11.9. The highest BCUT2D eigenvalue weighted by atomic mass is 35.5. The Morgan fingerprint density at radius 1 is 1.37 bits per heavy atom. The molecule has 0 saturated heterocycles. The summed E-state index contributed by atoms with van der Waals surface area (Å²) in [4.78, 5) is 27.8. The number of para-hydroxylation sites is 1. The third kappa shape index (κ3) is 3.92. The van der Waals surface area contributed by atoms with E-state index in [9.17, 15) is 14.9 Å². The molecular weight excluding hydrogens is 390 g/mol. The van der Waals surface area contributed by atoms with Crippen LogP contribution in [0.4, 0.5) is 5.69 Å². The van der Waals surface area contributed by atoms with Crippen molar-refractivity contribution < 1.29 is 14.5 Å². The predicted molar refractivity (Wildman–Crippen MR) is 104 cm³/mol. The van der Waals surface area contributed by atoms with Crippen molar-refractivity contribution in [3.63, 3.8) is 0 Å². The van der Waals surface area contributed by atoms with Crippen LogP contribution in [0, 0.1) is 17.0 Å². The van der Waals surface area contributed by atoms with E-state index >= 15 is 0 Å². The number of carbonyl (C=O) groups is 1. The van der Waals surface area contributed by atoms with Crippen molar-refractivity contribution in [2.75, 3.05) is 13.7 Å². The van der Waals surface area contributed by atoms with Gasteiger partial charge in [0, 0.05) is 25.8 Å². The molecule has 0 aliphatic rings. The van der Waals surface area contributed by atoms with Gasteiger partial charge in [-0.15, -0.1) is 0 Å². The Kier molecular flexibility index (Phi) is 5.69. The zero-order valence-electron chi connectivity index (χ0n) is 14.6. The summed E-state index contributed by atoms with van der Waals surface area (Å²) in [6.07, 6.45) is 0. The fraction of sp³-hybridized carbons (Fsp3) is 0.222. The molecular formula is C18H16ClN3O4S. The first kappa shape index (κ1) is 19.2. The number of aromatic nitrogens is 1. The summed E-state index contributed by atoms with van der Waals surface area (Å²) in [5.74, 6) is -0.626. The molecule has 7 nitrogen and oxygen atoms in total. The number of nitro benzene ring substituents is 1. The van der Waals surface area contributed by atoms with Gasteiger partial charge in [0.2, 0.25) is 0 Å². The number of thiazole rings is 1. The topological polar surface area (TPSA) is 86.7 Å². The number of non-ortho nitro benzene ring substituents is 1. The molecule has 1 amide bonds. The number of nitro groups is 1. The van der Waals surface area contributed by atoms with E-state index in [-0.39, 0.29) is 16.3 Å².